The van der Waals surface area contributed by atoms with Crippen LogP contribution in [-0.4, -0.2) is 5.91 Å². The Balaban J connectivity index is 1.77. The van der Waals surface area contributed by atoms with Crippen LogP contribution in [-0.2, 0) is 4.79 Å². The van der Waals surface area contributed by atoms with Gasteiger partial charge in [0.15, 0.2) is 0 Å². The Morgan fingerprint density at radius 3 is 2.44 bits per heavy atom. The van der Waals surface area contributed by atoms with E-state index in [1.807, 2.05) is 54.6 Å². The fourth-order valence-corrected chi connectivity index (χ4v) is 1.98. The van der Waals surface area contributed by atoms with Crippen LogP contribution in [0.3, 0.4) is 0 Å². The first kappa shape index (κ1) is 10.8. The number of carbonyl (C=O) groups excluding carboxylic acids is 1. The van der Waals surface area contributed by atoms with Gasteiger partial charge < -0.3 is 10.1 Å². The number of nitrogens with one attached hydrogen (secondary N) is 1. The summed E-state index contributed by atoms with van der Waals surface area (Å²) < 4.78 is 5.75. The molecule has 3 nitrogen and oxygen atoms in total. The van der Waals surface area contributed by atoms with E-state index in [-0.39, 0.29) is 11.9 Å². The Morgan fingerprint density at radius 2 is 1.72 bits per heavy atom. The number of benzene rings is 2. The molecule has 2 aromatic rings. The second-order valence-electron chi connectivity index (χ2n) is 4.31. The average molecular weight is 239 g/mol. The summed E-state index contributed by atoms with van der Waals surface area (Å²) in [6, 6.07) is 17.6. The molecular weight excluding hydrogens is 226 g/mol. The zero-order valence-electron chi connectivity index (χ0n) is 9.80. The first-order chi connectivity index (χ1) is 8.81. The summed E-state index contributed by atoms with van der Waals surface area (Å²) in [7, 11) is 0. The molecule has 1 atom stereocenters. The molecule has 1 heterocycles. The molecule has 1 amide bonds. The first-order valence-corrected chi connectivity index (χ1v) is 5.93. The molecule has 1 aliphatic heterocycles. The van der Waals surface area contributed by atoms with Crippen molar-refractivity contribution in [2.24, 2.45) is 0 Å². The van der Waals surface area contributed by atoms with E-state index in [0.29, 0.717) is 6.42 Å². The summed E-state index contributed by atoms with van der Waals surface area (Å²) in [5, 5.41) is 2.86. The van der Waals surface area contributed by atoms with Crippen LogP contribution in [0.15, 0.2) is 54.6 Å². The van der Waals surface area contributed by atoms with Crippen LogP contribution in [0.1, 0.15) is 18.0 Å². The molecule has 3 heteroatoms. The van der Waals surface area contributed by atoms with E-state index in [4.69, 9.17) is 4.74 Å². The van der Waals surface area contributed by atoms with Crippen LogP contribution >= 0.6 is 0 Å². The number of carbonyl (C=O) groups is 1. The third kappa shape index (κ3) is 2.20. The predicted octanol–water partition coefficient (Wildman–Crippen LogP) is 3.04. The first-order valence-electron chi connectivity index (χ1n) is 5.93. The van der Waals surface area contributed by atoms with E-state index in [0.717, 1.165) is 17.1 Å². The van der Waals surface area contributed by atoms with Crippen molar-refractivity contribution < 1.29 is 9.53 Å². The van der Waals surface area contributed by atoms with Crippen LogP contribution in [0.25, 0.3) is 0 Å². The highest BCUT2D eigenvalue weighted by molar-refractivity contribution is 5.83. The van der Waals surface area contributed by atoms with E-state index >= 15 is 0 Å². The van der Waals surface area contributed by atoms with Gasteiger partial charge >= 0.3 is 0 Å². The second-order valence-corrected chi connectivity index (χ2v) is 4.31. The minimum absolute atomic E-state index is 0.106. The van der Waals surface area contributed by atoms with E-state index in [1.165, 1.54) is 0 Å². The molecule has 0 saturated carbocycles. The number of β-lactam (4-membered cyclic amide) rings is 1. The van der Waals surface area contributed by atoms with Gasteiger partial charge in [-0.2, -0.15) is 0 Å². The van der Waals surface area contributed by atoms with E-state index in [1.54, 1.807) is 0 Å². The zero-order valence-corrected chi connectivity index (χ0v) is 9.80. The van der Waals surface area contributed by atoms with Crippen LogP contribution < -0.4 is 10.1 Å². The van der Waals surface area contributed by atoms with Crippen molar-refractivity contribution in [2.45, 2.75) is 12.5 Å². The molecule has 0 bridgehead atoms. The topological polar surface area (TPSA) is 38.3 Å². The molecule has 1 N–H and O–H groups in total. The van der Waals surface area contributed by atoms with Gasteiger partial charge in [0.2, 0.25) is 5.91 Å². The molecule has 18 heavy (non-hydrogen) atoms. The van der Waals surface area contributed by atoms with Crippen molar-refractivity contribution in [1.29, 1.82) is 0 Å². The maximum Gasteiger partial charge on any atom is 0.222 e. The normalized spacial score (nSPS) is 17.8. The van der Waals surface area contributed by atoms with Crippen molar-refractivity contribution >= 4 is 5.91 Å². The number of amides is 1. The van der Waals surface area contributed by atoms with Crippen molar-refractivity contribution in [3.63, 3.8) is 0 Å². The standard InChI is InChI=1S/C15H13NO2/c17-15-10-14(16-15)11-5-4-8-13(9-11)18-12-6-2-1-3-7-12/h1-9,14H,10H2,(H,16,17). The molecule has 0 aromatic heterocycles. The average Bonchev–Trinajstić information content (AvgIpc) is 2.37. The van der Waals surface area contributed by atoms with Crippen LogP contribution in [0, 0.1) is 0 Å². The Morgan fingerprint density at radius 1 is 1.00 bits per heavy atom. The van der Waals surface area contributed by atoms with Gasteiger partial charge in [0, 0.05) is 0 Å². The summed E-state index contributed by atoms with van der Waals surface area (Å²) in [5.41, 5.74) is 1.09. The van der Waals surface area contributed by atoms with Gasteiger partial charge in [-0.1, -0.05) is 30.3 Å². The van der Waals surface area contributed by atoms with Crippen molar-refractivity contribution in [3.05, 3.63) is 60.2 Å². The third-order valence-corrected chi connectivity index (χ3v) is 2.96. The van der Waals surface area contributed by atoms with Crippen LogP contribution in [0.5, 0.6) is 11.5 Å². The maximum atomic E-state index is 10.9. The molecule has 2 aromatic carbocycles. The van der Waals surface area contributed by atoms with Gasteiger partial charge in [-0.05, 0) is 29.8 Å². The van der Waals surface area contributed by atoms with Gasteiger partial charge in [-0.3, -0.25) is 4.79 Å². The Labute approximate surface area is 105 Å². The monoisotopic (exact) mass is 239 g/mol. The summed E-state index contributed by atoms with van der Waals surface area (Å²) in [6.07, 6.45) is 0.564. The Bertz CT molecular complexity index is 558. The Hall–Kier alpha value is -2.29. The molecule has 1 unspecified atom stereocenters. The molecule has 1 aliphatic rings. The number of ether oxygens (including phenoxy) is 1. The molecule has 1 fully saturated rings. The lowest BCUT2D eigenvalue weighted by molar-refractivity contribution is -0.128. The zero-order chi connectivity index (χ0) is 12.4. The fourth-order valence-electron chi connectivity index (χ4n) is 1.98. The number of para-hydroxylation sites is 1. The van der Waals surface area contributed by atoms with Crippen molar-refractivity contribution in [1.82, 2.24) is 5.32 Å². The highest BCUT2D eigenvalue weighted by Crippen LogP contribution is 2.28. The van der Waals surface area contributed by atoms with Gasteiger partial charge in [-0.25, -0.2) is 0 Å². The van der Waals surface area contributed by atoms with Gasteiger partial charge in [0.25, 0.3) is 0 Å². The largest absolute Gasteiger partial charge is 0.457 e. The van der Waals surface area contributed by atoms with Crippen molar-refractivity contribution in [3.8, 4) is 11.5 Å². The molecule has 3 rings (SSSR count). The highest BCUT2D eigenvalue weighted by Gasteiger charge is 2.26. The minimum Gasteiger partial charge on any atom is -0.457 e. The van der Waals surface area contributed by atoms with E-state index < -0.39 is 0 Å². The van der Waals surface area contributed by atoms with Gasteiger partial charge in [0.05, 0.1) is 12.5 Å². The minimum atomic E-state index is 0.106. The van der Waals surface area contributed by atoms with Crippen LogP contribution in [0.2, 0.25) is 0 Å². The maximum absolute atomic E-state index is 10.9. The summed E-state index contributed by atoms with van der Waals surface area (Å²) >= 11 is 0. The predicted molar refractivity (Wildman–Crippen MR) is 68.5 cm³/mol. The Kier molecular flexibility index (Phi) is 2.73. The quantitative estimate of drug-likeness (QED) is 0.836. The van der Waals surface area contributed by atoms with E-state index in [9.17, 15) is 4.79 Å². The number of rotatable bonds is 3. The SMILES string of the molecule is O=C1CC(c2cccc(Oc3ccccc3)c2)N1. The smallest absolute Gasteiger partial charge is 0.222 e. The lowest BCUT2D eigenvalue weighted by Crippen LogP contribution is -2.41. The molecule has 0 spiro atoms. The van der Waals surface area contributed by atoms with Crippen molar-refractivity contribution in [2.75, 3.05) is 0 Å². The molecule has 1 saturated heterocycles. The molecular formula is C15H13NO2. The summed E-state index contributed by atoms with van der Waals surface area (Å²) in [4.78, 5) is 10.9. The number of hydrogen-bond acceptors (Lipinski definition) is 2. The molecule has 0 aliphatic carbocycles. The summed E-state index contributed by atoms with van der Waals surface area (Å²) in [5.74, 6) is 1.71. The van der Waals surface area contributed by atoms with Gasteiger partial charge in [0.1, 0.15) is 11.5 Å². The lowest BCUT2D eigenvalue weighted by Gasteiger charge is -2.27. The fraction of sp³-hybridized carbons (Fsp3) is 0.133. The van der Waals surface area contributed by atoms with E-state index in [2.05, 4.69) is 5.32 Å². The van der Waals surface area contributed by atoms with Gasteiger partial charge in [-0.15, -0.1) is 0 Å². The highest BCUT2D eigenvalue weighted by atomic mass is 16.5. The number of hydrogen-bond donors (Lipinski definition) is 1. The lowest BCUT2D eigenvalue weighted by atomic mass is 9.97. The summed E-state index contributed by atoms with van der Waals surface area (Å²) in [6.45, 7) is 0. The van der Waals surface area contributed by atoms with Crippen LogP contribution in [0.4, 0.5) is 0 Å². The molecule has 0 radical (unpaired) electrons. The third-order valence-electron chi connectivity index (χ3n) is 2.96. The second kappa shape index (κ2) is 4.53. The molecule has 90 valence electrons.